The number of carboxylic acid groups (broad SMARTS) is 1. The van der Waals surface area contributed by atoms with Crippen molar-refractivity contribution in [3.63, 3.8) is 0 Å². The maximum atomic E-state index is 10.3. The van der Waals surface area contributed by atoms with Crippen LogP contribution < -0.4 is 0 Å². The molecule has 1 fully saturated rings. The van der Waals surface area contributed by atoms with E-state index < -0.39 is 5.97 Å². The van der Waals surface area contributed by atoms with Gasteiger partial charge >= 0.3 is 5.97 Å². The number of carbonyl (C=O) groups is 1. The lowest BCUT2D eigenvalue weighted by molar-refractivity contribution is -0.137. The van der Waals surface area contributed by atoms with Gasteiger partial charge in [-0.2, -0.15) is 0 Å². The number of nitrogens with zero attached hydrogens (tertiary/aromatic N) is 1. The Morgan fingerprint density at radius 3 is 2.82 bits per heavy atom. The average molecular weight is 178 g/mol. The quantitative estimate of drug-likeness (QED) is 0.647. The van der Waals surface area contributed by atoms with E-state index in [-0.39, 0.29) is 12.3 Å². The molecule has 0 aliphatic carbocycles. The lowest BCUT2D eigenvalue weighted by atomic mass is 10.0. The van der Waals surface area contributed by atoms with Crippen molar-refractivity contribution in [1.82, 2.24) is 4.42 Å². The maximum absolute atomic E-state index is 10.3. The Labute approximate surface area is 71.1 Å². The number of aliphatic carboxylic acids is 1. The molecule has 1 aliphatic heterocycles. The summed E-state index contributed by atoms with van der Waals surface area (Å²) in [5, 5.41) is 8.48. The number of carboxylic acids is 1. The van der Waals surface area contributed by atoms with Crippen molar-refractivity contribution in [3.8, 4) is 0 Å². The third-order valence-electron chi connectivity index (χ3n) is 2.05. The van der Waals surface area contributed by atoms with Crippen LogP contribution in [0.25, 0.3) is 0 Å². The van der Waals surface area contributed by atoms with Crippen molar-refractivity contribution in [1.29, 1.82) is 0 Å². The van der Waals surface area contributed by atoms with Gasteiger partial charge in [0.2, 0.25) is 0 Å². The summed E-state index contributed by atoms with van der Waals surface area (Å²) in [4.78, 5) is 10.3. The Morgan fingerprint density at radius 1 is 1.82 bits per heavy atom. The highest BCUT2D eigenvalue weighted by atomic mass is 35.5. The molecule has 1 unspecified atom stereocenters. The monoisotopic (exact) mass is 177 g/mol. The van der Waals surface area contributed by atoms with E-state index >= 15 is 0 Å². The van der Waals surface area contributed by atoms with Gasteiger partial charge in [-0.25, -0.2) is 4.42 Å². The van der Waals surface area contributed by atoms with Crippen LogP contribution in [-0.4, -0.2) is 28.1 Å². The second kappa shape index (κ2) is 3.41. The van der Waals surface area contributed by atoms with E-state index in [0.29, 0.717) is 12.6 Å². The van der Waals surface area contributed by atoms with Gasteiger partial charge in [0, 0.05) is 19.0 Å². The molecule has 1 heterocycles. The molecule has 0 saturated carbocycles. The van der Waals surface area contributed by atoms with E-state index in [2.05, 4.69) is 0 Å². The zero-order valence-corrected chi connectivity index (χ0v) is 7.21. The van der Waals surface area contributed by atoms with Gasteiger partial charge in [0.25, 0.3) is 0 Å². The fourth-order valence-electron chi connectivity index (χ4n) is 1.49. The molecule has 1 rings (SSSR count). The van der Waals surface area contributed by atoms with Crippen molar-refractivity contribution in [2.24, 2.45) is 5.92 Å². The second-order valence-electron chi connectivity index (χ2n) is 3.13. The first-order valence-corrected chi connectivity index (χ1v) is 4.07. The topological polar surface area (TPSA) is 40.5 Å². The molecule has 3 nitrogen and oxygen atoms in total. The predicted molar refractivity (Wildman–Crippen MR) is 42.4 cm³/mol. The van der Waals surface area contributed by atoms with Gasteiger partial charge in [0.05, 0.1) is 0 Å². The third kappa shape index (κ3) is 2.34. The van der Waals surface area contributed by atoms with Crippen LogP contribution in [0.4, 0.5) is 0 Å². The van der Waals surface area contributed by atoms with Gasteiger partial charge in [0.1, 0.15) is 0 Å². The number of hydrogen-bond acceptors (Lipinski definition) is 2. The van der Waals surface area contributed by atoms with Crippen LogP contribution in [-0.2, 0) is 4.79 Å². The first-order valence-electron chi connectivity index (χ1n) is 3.74. The Morgan fingerprint density at radius 2 is 2.45 bits per heavy atom. The van der Waals surface area contributed by atoms with Gasteiger partial charge in [-0.15, -0.1) is 0 Å². The molecule has 11 heavy (non-hydrogen) atoms. The maximum Gasteiger partial charge on any atom is 0.303 e. The van der Waals surface area contributed by atoms with Crippen molar-refractivity contribution >= 4 is 17.7 Å². The minimum Gasteiger partial charge on any atom is -0.481 e. The van der Waals surface area contributed by atoms with Crippen LogP contribution >= 0.6 is 11.8 Å². The minimum absolute atomic E-state index is 0.236. The first kappa shape index (κ1) is 8.81. The standard InChI is InChI=1S/C7H12ClNO2/c1-5-2-6(3-7(10)11)4-9(5)8/h5-6H,2-4H2,1H3,(H,10,11)/t5?,6-/m0/s1. The average Bonchev–Trinajstić information content (AvgIpc) is 2.10. The Kier molecular flexibility index (Phi) is 2.73. The molecule has 0 spiro atoms. The van der Waals surface area contributed by atoms with Crippen LogP contribution in [0, 0.1) is 5.92 Å². The zero-order chi connectivity index (χ0) is 8.43. The normalized spacial score (nSPS) is 32.5. The summed E-state index contributed by atoms with van der Waals surface area (Å²) in [6.07, 6.45) is 1.14. The highest BCUT2D eigenvalue weighted by molar-refractivity contribution is 6.13. The van der Waals surface area contributed by atoms with Gasteiger partial charge in [-0.3, -0.25) is 4.79 Å². The Balaban J connectivity index is 2.35. The highest BCUT2D eigenvalue weighted by Gasteiger charge is 2.28. The molecule has 0 bridgehead atoms. The van der Waals surface area contributed by atoms with Gasteiger partial charge < -0.3 is 5.11 Å². The smallest absolute Gasteiger partial charge is 0.303 e. The summed E-state index contributed by atoms with van der Waals surface area (Å²) in [7, 11) is 0. The zero-order valence-electron chi connectivity index (χ0n) is 6.46. The number of halogens is 1. The van der Waals surface area contributed by atoms with Crippen LogP contribution in [0.5, 0.6) is 0 Å². The van der Waals surface area contributed by atoms with Crippen molar-refractivity contribution in [2.75, 3.05) is 6.54 Å². The van der Waals surface area contributed by atoms with Crippen LogP contribution in [0.3, 0.4) is 0 Å². The van der Waals surface area contributed by atoms with E-state index in [0.717, 1.165) is 6.42 Å². The molecule has 1 saturated heterocycles. The molecule has 1 aliphatic rings. The Hall–Kier alpha value is -0.280. The van der Waals surface area contributed by atoms with Crippen molar-refractivity contribution < 1.29 is 9.90 Å². The van der Waals surface area contributed by atoms with Gasteiger partial charge in [-0.05, 0) is 31.0 Å². The summed E-state index contributed by atoms with van der Waals surface area (Å²) < 4.78 is 1.69. The molecule has 0 aromatic carbocycles. The minimum atomic E-state index is -0.728. The SMILES string of the molecule is CC1C[C@@H](CC(=O)O)CN1Cl. The number of hydrogen-bond donors (Lipinski definition) is 1. The molecule has 0 amide bonds. The van der Waals surface area contributed by atoms with Gasteiger partial charge in [-0.1, -0.05) is 0 Å². The molecule has 64 valence electrons. The lowest BCUT2D eigenvalue weighted by Crippen LogP contribution is -2.15. The molecular formula is C7H12ClNO2. The summed E-state index contributed by atoms with van der Waals surface area (Å²) in [5.74, 6) is -0.492. The van der Waals surface area contributed by atoms with Crippen LogP contribution in [0.1, 0.15) is 19.8 Å². The molecule has 0 radical (unpaired) electrons. The molecule has 1 N–H and O–H groups in total. The predicted octanol–water partition coefficient (Wildman–Crippen LogP) is 1.33. The van der Waals surface area contributed by atoms with E-state index in [1.165, 1.54) is 0 Å². The summed E-state index contributed by atoms with van der Waals surface area (Å²) in [6.45, 7) is 2.71. The molecule has 2 atom stereocenters. The van der Waals surface area contributed by atoms with E-state index in [9.17, 15) is 4.79 Å². The number of rotatable bonds is 2. The van der Waals surface area contributed by atoms with Crippen LogP contribution in [0.15, 0.2) is 0 Å². The van der Waals surface area contributed by atoms with Crippen LogP contribution in [0.2, 0.25) is 0 Å². The largest absolute Gasteiger partial charge is 0.481 e. The fraction of sp³-hybridized carbons (Fsp3) is 0.857. The molecule has 0 aromatic rings. The highest BCUT2D eigenvalue weighted by Crippen LogP contribution is 2.26. The van der Waals surface area contributed by atoms with Crippen molar-refractivity contribution in [2.45, 2.75) is 25.8 Å². The summed E-state index contributed by atoms with van der Waals surface area (Å²) in [5.41, 5.74) is 0. The molecule has 0 aromatic heterocycles. The van der Waals surface area contributed by atoms with E-state index in [1.54, 1.807) is 4.42 Å². The third-order valence-corrected chi connectivity index (χ3v) is 2.52. The second-order valence-corrected chi connectivity index (χ2v) is 3.57. The summed E-state index contributed by atoms with van der Waals surface area (Å²) in [6, 6.07) is 0.320. The lowest BCUT2D eigenvalue weighted by Gasteiger charge is -2.08. The Bertz CT molecular complexity index is 153. The van der Waals surface area contributed by atoms with Gasteiger partial charge in [0.15, 0.2) is 0 Å². The first-order chi connectivity index (χ1) is 5.09. The fourth-order valence-corrected chi connectivity index (χ4v) is 1.77. The molecule has 4 heteroatoms. The van der Waals surface area contributed by atoms with E-state index in [4.69, 9.17) is 16.9 Å². The van der Waals surface area contributed by atoms with E-state index in [1.807, 2.05) is 6.92 Å². The van der Waals surface area contributed by atoms with Crippen molar-refractivity contribution in [3.05, 3.63) is 0 Å². The summed E-state index contributed by atoms with van der Waals surface area (Å²) >= 11 is 5.78. The molecular weight excluding hydrogens is 166 g/mol.